The second-order valence-corrected chi connectivity index (χ2v) is 11.8. The Kier molecular flexibility index (Phi) is 5.00. The van der Waals surface area contributed by atoms with Gasteiger partial charge in [-0.15, -0.1) is 0 Å². The van der Waals surface area contributed by atoms with Gasteiger partial charge < -0.3 is 13.6 Å². The summed E-state index contributed by atoms with van der Waals surface area (Å²) < 4.78 is 11.0. The highest BCUT2D eigenvalue weighted by Crippen LogP contribution is 2.42. The van der Waals surface area contributed by atoms with Gasteiger partial charge in [0.1, 0.15) is 11.2 Å². The molecule has 0 bridgehead atoms. The molecule has 3 heteroatoms. The van der Waals surface area contributed by atoms with Crippen LogP contribution in [0, 0.1) is 0 Å². The molecule has 10 rings (SSSR count). The molecule has 0 aliphatic heterocycles. The van der Waals surface area contributed by atoms with Gasteiger partial charge in [-0.3, -0.25) is 0 Å². The highest BCUT2D eigenvalue weighted by molar-refractivity contribution is 6.26. The Labute approximate surface area is 258 Å². The molecule has 0 amide bonds. The first-order valence-corrected chi connectivity index (χ1v) is 15.4. The van der Waals surface area contributed by atoms with Crippen molar-refractivity contribution in [1.29, 1.82) is 0 Å². The molecule has 0 aliphatic carbocycles. The van der Waals surface area contributed by atoms with E-state index in [1.807, 2.05) is 12.1 Å². The number of fused-ring (bicyclic) bond motifs is 10. The van der Waals surface area contributed by atoms with Gasteiger partial charge in [0.2, 0.25) is 0 Å². The fourth-order valence-electron chi connectivity index (χ4n) is 7.34. The molecule has 0 fully saturated rings. The average molecular weight is 575 g/mol. The van der Waals surface area contributed by atoms with Crippen LogP contribution in [0.5, 0.6) is 0 Å². The molecule has 0 spiro atoms. The lowest BCUT2D eigenvalue weighted by Crippen LogP contribution is -1.95. The van der Waals surface area contributed by atoms with Crippen LogP contribution in [0.1, 0.15) is 0 Å². The van der Waals surface area contributed by atoms with E-state index in [0.717, 1.165) is 33.3 Å². The van der Waals surface area contributed by atoms with Crippen molar-refractivity contribution in [2.45, 2.75) is 0 Å². The Hall–Kier alpha value is -6.06. The van der Waals surface area contributed by atoms with Crippen molar-refractivity contribution >= 4 is 65.6 Å². The normalized spacial score (nSPS) is 12.0. The molecule has 3 heterocycles. The quantitative estimate of drug-likeness (QED) is 0.206. The van der Waals surface area contributed by atoms with E-state index in [0.29, 0.717) is 0 Å². The van der Waals surface area contributed by atoms with Crippen molar-refractivity contribution in [2.75, 3.05) is 0 Å². The molecule has 45 heavy (non-hydrogen) atoms. The van der Waals surface area contributed by atoms with E-state index in [2.05, 4.69) is 155 Å². The van der Waals surface area contributed by atoms with Gasteiger partial charge in [-0.2, -0.15) is 0 Å². The molecule has 0 aliphatic rings. The van der Waals surface area contributed by atoms with Gasteiger partial charge >= 0.3 is 0 Å². The van der Waals surface area contributed by atoms with Crippen molar-refractivity contribution in [2.24, 2.45) is 0 Å². The molecule has 10 aromatic rings. The maximum atomic E-state index is 6.18. The second-order valence-electron chi connectivity index (χ2n) is 11.8. The zero-order valence-electron chi connectivity index (χ0n) is 24.3. The lowest BCUT2D eigenvalue weighted by molar-refractivity contribution is 0.669. The minimum Gasteiger partial charge on any atom is -0.456 e. The highest BCUT2D eigenvalue weighted by atomic mass is 16.3. The maximum absolute atomic E-state index is 6.18. The third kappa shape index (κ3) is 3.46. The Morgan fingerprint density at radius 2 is 0.978 bits per heavy atom. The van der Waals surface area contributed by atoms with E-state index in [1.165, 1.54) is 54.7 Å². The summed E-state index contributed by atoms with van der Waals surface area (Å²) in [5.74, 6) is 0. The van der Waals surface area contributed by atoms with Crippen molar-refractivity contribution in [1.82, 2.24) is 9.13 Å². The molecule has 210 valence electrons. The van der Waals surface area contributed by atoms with Crippen LogP contribution in [0.15, 0.2) is 162 Å². The van der Waals surface area contributed by atoms with Crippen LogP contribution < -0.4 is 0 Å². The molecule has 0 radical (unpaired) electrons. The first-order valence-electron chi connectivity index (χ1n) is 15.4. The number of benzene rings is 7. The van der Waals surface area contributed by atoms with Crippen molar-refractivity contribution in [3.63, 3.8) is 0 Å². The Balaban J connectivity index is 1.30. The number of para-hydroxylation sites is 3. The molecule has 3 nitrogen and oxygen atoms in total. The fourth-order valence-corrected chi connectivity index (χ4v) is 7.34. The largest absolute Gasteiger partial charge is 0.456 e. The van der Waals surface area contributed by atoms with Crippen LogP contribution in [0.2, 0.25) is 0 Å². The summed E-state index contributed by atoms with van der Waals surface area (Å²) in [6.45, 7) is 0. The van der Waals surface area contributed by atoms with Gasteiger partial charge in [-0.05, 0) is 65.7 Å². The van der Waals surface area contributed by atoms with Crippen LogP contribution in [-0.4, -0.2) is 9.13 Å². The number of hydrogen-bond donors (Lipinski definition) is 0. The Morgan fingerprint density at radius 1 is 0.356 bits per heavy atom. The van der Waals surface area contributed by atoms with Crippen molar-refractivity contribution in [3.05, 3.63) is 158 Å². The fraction of sp³-hybridized carbons (Fsp3) is 0. The summed E-state index contributed by atoms with van der Waals surface area (Å²) in [6, 6.07) is 56.5. The lowest BCUT2D eigenvalue weighted by Gasteiger charge is -2.11. The van der Waals surface area contributed by atoms with Crippen LogP contribution >= 0.6 is 0 Å². The summed E-state index contributed by atoms with van der Waals surface area (Å²) in [7, 11) is 0. The molecule has 0 saturated carbocycles. The van der Waals surface area contributed by atoms with Crippen LogP contribution in [0.3, 0.4) is 0 Å². The zero-order chi connectivity index (χ0) is 29.5. The van der Waals surface area contributed by atoms with Crippen molar-refractivity contribution < 1.29 is 4.42 Å². The van der Waals surface area contributed by atoms with Crippen LogP contribution in [0.4, 0.5) is 0 Å². The van der Waals surface area contributed by atoms with Gasteiger partial charge in [-0.1, -0.05) is 103 Å². The molecule has 0 atom stereocenters. The monoisotopic (exact) mass is 574 g/mol. The molecular weight excluding hydrogens is 548 g/mol. The first kappa shape index (κ1) is 24.4. The minimum atomic E-state index is 0.905. The van der Waals surface area contributed by atoms with Crippen LogP contribution in [-0.2, 0) is 0 Å². The molecule has 0 saturated heterocycles. The van der Waals surface area contributed by atoms with E-state index in [9.17, 15) is 0 Å². The summed E-state index contributed by atoms with van der Waals surface area (Å²) in [4.78, 5) is 0. The summed E-state index contributed by atoms with van der Waals surface area (Å²) in [6.07, 6.45) is 0. The topological polar surface area (TPSA) is 23.0 Å². The van der Waals surface area contributed by atoms with Gasteiger partial charge in [0, 0.05) is 43.7 Å². The zero-order valence-corrected chi connectivity index (χ0v) is 24.3. The highest BCUT2D eigenvalue weighted by Gasteiger charge is 2.21. The SMILES string of the molecule is c1ccc(-c2ccc(-n3c4ccccc4c4ccc5c(c6ccccc6n5-c5ccc6oc7ccccc7c6c5)c43)cc2)cc1. The number of nitrogens with zero attached hydrogens (tertiary/aromatic N) is 2. The molecule has 7 aromatic carbocycles. The Bertz CT molecular complexity index is 2740. The third-order valence-electron chi connectivity index (χ3n) is 9.32. The smallest absolute Gasteiger partial charge is 0.135 e. The number of aromatic nitrogens is 2. The second kappa shape index (κ2) is 9.22. The standard InChI is InChI=1S/C42H26N2O/c1-2-10-27(11-3-1)28-18-20-29(21-19-28)44-36-15-7-4-12-31(36)33-23-24-38-41(42(33)44)34-14-5-8-16-37(34)43(38)30-22-25-40-35(26-30)32-13-6-9-17-39(32)45-40/h1-26H. The molecule has 0 unspecified atom stereocenters. The van der Waals surface area contributed by atoms with E-state index >= 15 is 0 Å². The molecule has 0 N–H and O–H groups in total. The predicted molar refractivity (Wildman–Crippen MR) is 188 cm³/mol. The summed E-state index contributed by atoms with van der Waals surface area (Å²) in [5, 5.41) is 7.26. The number of furan rings is 1. The summed E-state index contributed by atoms with van der Waals surface area (Å²) in [5.41, 5.74) is 11.3. The van der Waals surface area contributed by atoms with E-state index in [4.69, 9.17) is 4.42 Å². The summed E-state index contributed by atoms with van der Waals surface area (Å²) >= 11 is 0. The van der Waals surface area contributed by atoms with E-state index in [1.54, 1.807) is 0 Å². The number of hydrogen-bond acceptors (Lipinski definition) is 1. The predicted octanol–water partition coefficient (Wildman–Crippen LogP) is 11.4. The Morgan fingerprint density at radius 3 is 1.80 bits per heavy atom. The van der Waals surface area contributed by atoms with Gasteiger partial charge in [0.15, 0.2) is 0 Å². The third-order valence-corrected chi connectivity index (χ3v) is 9.32. The van der Waals surface area contributed by atoms with Gasteiger partial charge in [-0.25, -0.2) is 0 Å². The maximum Gasteiger partial charge on any atom is 0.135 e. The van der Waals surface area contributed by atoms with E-state index < -0.39 is 0 Å². The lowest BCUT2D eigenvalue weighted by atomic mass is 10.1. The van der Waals surface area contributed by atoms with Gasteiger partial charge in [0.25, 0.3) is 0 Å². The van der Waals surface area contributed by atoms with Crippen LogP contribution in [0.25, 0.3) is 88.1 Å². The van der Waals surface area contributed by atoms with Crippen molar-refractivity contribution in [3.8, 4) is 22.5 Å². The van der Waals surface area contributed by atoms with Gasteiger partial charge in [0.05, 0.1) is 22.1 Å². The minimum absolute atomic E-state index is 0.905. The first-order chi connectivity index (χ1) is 22.3. The molecule has 3 aromatic heterocycles. The van der Waals surface area contributed by atoms with E-state index in [-0.39, 0.29) is 0 Å². The average Bonchev–Trinajstić information content (AvgIpc) is 3.76. The molecular formula is C42H26N2O. The number of rotatable bonds is 3.